The summed E-state index contributed by atoms with van der Waals surface area (Å²) in [5.74, 6) is 0. The van der Waals surface area contributed by atoms with Crippen molar-refractivity contribution >= 4 is 0 Å². The van der Waals surface area contributed by atoms with Gasteiger partial charge in [-0.15, -0.1) is 0 Å². The zero-order valence-corrected chi connectivity index (χ0v) is 12.5. The molecule has 0 saturated heterocycles. The lowest BCUT2D eigenvalue weighted by Crippen LogP contribution is -2.38. The lowest BCUT2D eigenvalue weighted by molar-refractivity contribution is -0.00620. The second-order valence-corrected chi connectivity index (χ2v) is 6.59. The molecule has 2 fully saturated rings. The molecule has 2 saturated carbocycles. The monoisotopic (exact) mass is 269 g/mol. The van der Waals surface area contributed by atoms with E-state index in [1.54, 1.807) is 0 Å². The molecule has 2 N–H and O–H groups in total. The van der Waals surface area contributed by atoms with Crippen molar-refractivity contribution in [1.29, 1.82) is 0 Å². The van der Waals surface area contributed by atoms with E-state index in [0.717, 1.165) is 6.54 Å². The van der Waals surface area contributed by atoms with Gasteiger partial charge in [0.05, 0.1) is 18.8 Å². The van der Waals surface area contributed by atoms with Crippen LogP contribution in [-0.4, -0.2) is 37.0 Å². The largest absolute Gasteiger partial charge is 0.389 e. The van der Waals surface area contributed by atoms with Gasteiger partial charge in [-0.3, -0.25) is 0 Å². The second kappa shape index (κ2) is 7.61. The van der Waals surface area contributed by atoms with E-state index in [-0.39, 0.29) is 6.10 Å². The summed E-state index contributed by atoms with van der Waals surface area (Å²) in [5.41, 5.74) is 0.506. The summed E-state index contributed by atoms with van der Waals surface area (Å²) in [5, 5.41) is 13.4. The molecule has 0 spiro atoms. The highest BCUT2D eigenvalue weighted by atomic mass is 16.5. The average Bonchev–Trinajstić information content (AvgIpc) is 3.08. The number of hydrogen-bond donors (Lipinski definition) is 2. The number of ether oxygens (including phenoxy) is 1. The average molecular weight is 269 g/mol. The van der Waals surface area contributed by atoms with Gasteiger partial charge in [-0.2, -0.15) is 0 Å². The fourth-order valence-electron chi connectivity index (χ4n) is 3.65. The Kier molecular flexibility index (Phi) is 6.11. The van der Waals surface area contributed by atoms with Gasteiger partial charge in [0.25, 0.3) is 0 Å². The molecule has 0 bridgehead atoms. The standard InChI is InChI=1S/C16H31NO2/c1-2-16(9-5-6-10-16)13-17-11-14(18)12-19-15-7-3-4-8-15/h14-15,17-18H,2-13H2,1H3. The van der Waals surface area contributed by atoms with E-state index >= 15 is 0 Å². The van der Waals surface area contributed by atoms with E-state index in [4.69, 9.17) is 4.74 Å². The summed E-state index contributed by atoms with van der Waals surface area (Å²) in [7, 11) is 0. The molecule has 2 rings (SSSR count). The quantitative estimate of drug-likeness (QED) is 0.712. The summed E-state index contributed by atoms with van der Waals surface area (Å²) in [6.07, 6.45) is 11.7. The summed E-state index contributed by atoms with van der Waals surface area (Å²) < 4.78 is 5.75. The molecule has 0 aromatic rings. The van der Waals surface area contributed by atoms with Crippen molar-refractivity contribution in [1.82, 2.24) is 5.32 Å². The van der Waals surface area contributed by atoms with Crippen LogP contribution in [0.2, 0.25) is 0 Å². The Hall–Kier alpha value is -0.120. The molecule has 2 aliphatic carbocycles. The SMILES string of the molecule is CCC1(CNCC(O)COC2CCCC2)CCCC1. The van der Waals surface area contributed by atoms with Crippen molar-refractivity contribution < 1.29 is 9.84 Å². The third-order valence-corrected chi connectivity index (χ3v) is 5.12. The number of aliphatic hydroxyl groups is 1. The van der Waals surface area contributed by atoms with Crippen LogP contribution < -0.4 is 5.32 Å². The predicted molar refractivity (Wildman–Crippen MR) is 78.3 cm³/mol. The molecular weight excluding hydrogens is 238 g/mol. The summed E-state index contributed by atoms with van der Waals surface area (Å²) >= 11 is 0. The van der Waals surface area contributed by atoms with Crippen LogP contribution in [0.1, 0.15) is 64.7 Å². The first-order valence-electron chi connectivity index (χ1n) is 8.24. The number of nitrogens with one attached hydrogen (secondary N) is 1. The molecule has 0 amide bonds. The molecule has 1 unspecified atom stereocenters. The van der Waals surface area contributed by atoms with Crippen molar-refractivity contribution in [3.05, 3.63) is 0 Å². The normalized spacial score (nSPS) is 24.9. The van der Waals surface area contributed by atoms with Crippen molar-refractivity contribution in [2.75, 3.05) is 19.7 Å². The number of hydrogen-bond acceptors (Lipinski definition) is 3. The smallest absolute Gasteiger partial charge is 0.0897 e. The molecule has 2 aliphatic rings. The van der Waals surface area contributed by atoms with Gasteiger partial charge >= 0.3 is 0 Å². The van der Waals surface area contributed by atoms with Gasteiger partial charge in [0, 0.05) is 13.1 Å². The van der Waals surface area contributed by atoms with E-state index in [9.17, 15) is 5.11 Å². The van der Waals surface area contributed by atoms with E-state index in [0.29, 0.717) is 24.7 Å². The Bertz CT molecular complexity index is 245. The highest BCUT2D eigenvalue weighted by Crippen LogP contribution is 2.40. The Morgan fingerprint density at radius 3 is 2.53 bits per heavy atom. The van der Waals surface area contributed by atoms with Gasteiger partial charge in [0.15, 0.2) is 0 Å². The lowest BCUT2D eigenvalue weighted by Gasteiger charge is -2.28. The third-order valence-electron chi connectivity index (χ3n) is 5.12. The summed E-state index contributed by atoms with van der Waals surface area (Å²) in [6.45, 7) is 4.53. The fraction of sp³-hybridized carbons (Fsp3) is 1.00. The fourth-order valence-corrected chi connectivity index (χ4v) is 3.65. The topological polar surface area (TPSA) is 41.5 Å². The van der Waals surface area contributed by atoms with Crippen molar-refractivity contribution in [2.24, 2.45) is 5.41 Å². The molecule has 19 heavy (non-hydrogen) atoms. The highest BCUT2D eigenvalue weighted by molar-refractivity contribution is 4.85. The Morgan fingerprint density at radius 2 is 1.89 bits per heavy atom. The molecule has 3 nitrogen and oxygen atoms in total. The first-order chi connectivity index (χ1) is 9.24. The van der Waals surface area contributed by atoms with E-state index < -0.39 is 0 Å². The zero-order valence-electron chi connectivity index (χ0n) is 12.5. The molecule has 112 valence electrons. The van der Waals surface area contributed by atoms with Gasteiger partial charge in [-0.1, -0.05) is 32.6 Å². The maximum atomic E-state index is 9.95. The van der Waals surface area contributed by atoms with E-state index in [2.05, 4.69) is 12.2 Å². The molecule has 0 aromatic carbocycles. The first-order valence-corrected chi connectivity index (χ1v) is 8.24. The van der Waals surface area contributed by atoms with Crippen LogP contribution in [0, 0.1) is 5.41 Å². The highest BCUT2D eigenvalue weighted by Gasteiger charge is 2.31. The summed E-state index contributed by atoms with van der Waals surface area (Å²) in [4.78, 5) is 0. The minimum atomic E-state index is -0.351. The van der Waals surface area contributed by atoms with Crippen molar-refractivity contribution in [2.45, 2.75) is 76.9 Å². The van der Waals surface area contributed by atoms with Crippen LogP contribution in [0.25, 0.3) is 0 Å². The minimum Gasteiger partial charge on any atom is -0.389 e. The van der Waals surface area contributed by atoms with Crippen LogP contribution in [0.5, 0.6) is 0 Å². The minimum absolute atomic E-state index is 0.351. The Balaban J connectivity index is 1.56. The van der Waals surface area contributed by atoms with Gasteiger partial charge in [0.1, 0.15) is 0 Å². The van der Waals surface area contributed by atoms with Crippen molar-refractivity contribution in [3.8, 4) is 0 Å². The number of rotatable bonds is 8. The summed E-state index contributed by atoms with van der Waals surface area (Å²) in [6, 6.07) is 0. The molecule has 0 radical (unpaired) electrons. The van der Waals surface area contributed by atoms with Crippen LogP contribution >= 0.6 is 0 Å². The maximum absolute atomic E-state index is 9.95. The molecule has 0 heterocycles. The molecule has 1 atom stereocenters. The zero-order chi connectivity index (χ0) is 13.6. The van der Waals surface area contributed by atoms with Gasteiger partial charge in [-0.25, -0.2) is 0 Å². The molecular formula is C16H31NO2. The van der Waals surface area contributed by atoms with Gasteiger partial charge < -0.3 is 15.2 Å². The van der Waals surface area contributed by atoms with Crippen LogP contribution in [-0.2, 0) is 4.74 Å². The van der Waals surface area contributed by atoms with Crippen LogP contribution in [0.15, 0.2) is 0 Å². The first kappa shape index (κ1) is 15.3. The Morgan fingerprint density at radius 1 is 1.21 bits per heavy atom. The van der Waals surface area contributed by atoms with Gasteiger partial charge in [0.2, 0.25) is 0 Å². The van der Waals surface area contributed by atoms with Crippen LogP contribution in [0.3, 0.4) is 0 Å². The third kappa shape index (κ3) is 4.73. The van der Waals surface area contributed by atoms with Gasteiger partial charge in [-0.05, 0) is 37.5 Å². The lowest BCUT2D eigenvalue weighted by atomic mass is 9.83. The van der Waals surface area contributed by atoms with E-state index in [1.165, 1.54) is 57.8 Å². The van der Waals surface area contributed by atoms with Crippen LogP contribution in [0.4, 0.5) is 0 Å². The molecule has 0 aliphatic heterocycles. The van der Waals surface area contributed by atoms with E-state index in [1.807, 2.05) is 0 Å². The number of aliphatic hydroxyl groups excluding tert-OH is 1. The Labute approximate surface area is 118 Å². The molecule has 0 aromatic heterocycles. The second-order valence-electron chi connectivity index (χ2n) is 6.59. The van der Waals surface area contributed by atoms with Crippen molar-refractivity contribution in [3.63, 3.8) is 0 Å². The molecule has 3 heteroatoms. The maximum Gasteiger partial charge on any atom is 0.0897 e. The predicted octanol–water partition coefficient (Wildman–Crippen LogP) is 2.87.